The van der Waals surface area contributed by atoms with Crippen LogP contribution in [-0.4, -0.2) is 51.7 Å². The van der Waals surface area contributed by atoms with E-state index in [-0.39, 0.29) is 18.2 Å². The summed E-state index contributed by atoms with van der Waals surface area (Å²) in [5.41, 5.74) is 1.66. The van der Waals surface area contributed by atoms with Gasteiger partial charge in [0.05, 0.1) is 31.6 Å². The van der Waals surface area contributed by atoms with Gasteiger partial charge in [-0.1, -0.05) is 30.3 Å². The standard InChI is InChI=1S/C23H30N2O5S/c1-29-20-12-13-21(22(16-20)30-2)24-23(26)19-11-6-14-25(17-19)31(27,28)15-7-10-18-8-4-3-5-9-18/h3-5,8-9,12-13,16,19H,6-7,10-11,14-15,17H2,1-2H3,(H,24,26)/t19-/m0/s1. The fourth-order valence-corrected chi connectivity index (χ4v) is 5.36. The summed E-state index contributed by atoms with van der Waals surface area (Å²) >= 11 is 0. The lowest BCUT2D eigenvalue weighted by atomic mass is 9.98. The first-order valence-corrected chi connectivity index (χ1v) is 12.1. The van der Waals surface area contributed by atoms with Crippen molar-refractivity contribution in [3.8, 4) is 11.5 Å². The molecule has 0 radical (unpaired) electrons. The predicted octanol–water partition coefficient (Wildman–Crippen LogP) is 3.32. The Bertz CT molecular complexity index is 979. The Hall–Kier alpha value is -2.58. The first-order valence-electron chi connectivity index (χ1n) is 10.5. The molecule has 168 valence electrons. The second-order valence-corrected chi connectivity index (χ2v) is 9.75. The smallest absolute Gasteiger partial charge is 0.228 e. The van der Waals surface area contributed by atoms with Gasteiger partial charge in [-0.3, -0.25) is 4.79 Å². The molecule has 8 heteroatoms. The molecule has 0 aromatic heterocycles. The SMILES string of the molecule is COc1ccc(NC(=O)[C@H]2CCCN(S(=O)(=O)CCCc3ccccc3)C2)c(OC)c1. The second kappa shape index (κ2) is 10.6. The third-order valence-corrected chi connectivity index (χ3v) is 7.45. The number of benzene rings is 2. The van der Waals surface area contributed by atoms with E-state index in [9.17, 15) is 13.2 Å². The zero-order valence-corrected chi connectivity index (χ0v) is 18.9. The van der Waals surface area contributed by atoms with Crippen molar-refractivity contribution in [3.63, 3.8) is 0 Å². The summed E-state index contributed by atoms with van der Waals surface area (Å²) < 4.78 is 37.6. The van der Waals surface area contributed by atoms with Crippen LogP contribution in [0.3, 0.4) is 0 Å². The van der Waals surface area contributed by atoms with Crippen molar-refractivity contribution in [1.29, 1.82) is 0 Å². The third kappa shape index (κ3) is 6.21. The number of ether oxygens (including phenoxy) is 2. The number of aryl methyl sites for hydroxylation is 1. The highest BCUT2D eigenvalue weighted by Gasteiger charge is 2.32. The molecule has 0 unspecified atom stereocenters. The van der Waals surface area contributed by atoms with E-state index >= 15 is 0 Å². The van der Waals surface area contributed by atoms with Crippen molar-refractivity contribution in [2.45, 2.75) is 25.7 Å². The Morgan fingerprint density at radius 2 is 1.90 bits per heavy atom. The summed E-state index contributed by atoms with van der Waals surface area (Å²) in [6.45, 7) is 0.668. The quantitative estimate of drug-likeness (QED) is 0.639. The molecule has 3 rings (SSSR count). The van der Waals surface area contributed by atoms with E-state index in [1.165, 1.54) is 11.4 Å². The van der Waals surface area contributed by atoms with Crippen LogP contribution in [-0.2, 0) is 21.2 Å². The summed E-state index contributed by atoms with van der Waals surface area (Å²) in [6.07, 6.45) is 2.59. The molecule has 0 saturated carbocycles. The van der Waals surface area contributed by atoms with Gasteiger partial charge in [-0.25, -0.2) is 12.7 Å². The fourth-order valence-electron chi connectivity index (χ4n) is 3.78. The van der Waals surface area contributed by atoms with Gasteiger partial charge in [-0.05, 0) is 43.4 Å². The number of hydrogen-bond acceptors (Lipinski definition) is 5. The van der Waals surface area contributed by atoms with Gasteiger partial charge < -0.3 is 14.8 Å². The molecule has 0 bridgehead atoms. The molecule has 1 fully saturated rings. The van der Waals surface area contributed by atoms with Gasteiger partial charge >= 0.3 is 0 Å². The van der Waals surface area contributed by atoms with E-state index in [0.29, 0.717) is 43.0 Å². The van der Waals surface area contributed by atoms with Crippen molar-refractivity contribution in [1.82, 2.24) is 4.31 Å². The van der Waals surface area contributed by atoms with Crippen LogP contribution in [0.25, 0.3) is 0 Å². The minimum atomic E-state index is -3.40. The Balaban J connectivity index is 1.58. The van der Waals surface area contributed by atoms with Gasteiger partial charge in [0.2, 0.25) is 15.9 Å². The average Bonchev–Trinajstić information content (AvgIpc) is 2.80. The molecule has 1 saturated heterocycles. The molecule has 31 heavy (non-hydrogen) atoms. The number of nitrogens with zero attached hydrogens (tertiary/aromatic N) is 1. The molecule has 1 atom stereocenters. The lowest BCUT2D eigenvalue weighted by molar-refractivity contribution is -0.120. The number of amides is 1. The maximum atomic E-state index is 12.8. The summed E-state index contributed by atoms with van der Waals surface area (Å²) in [5.74, 6) is 0.606. The number of nitrogens with one attached hydrogen (secondary N) is 1. The van der Waals surface area contributed by atoms with E-state index in [0.717, 1.165) is 12.0 Å². The van der Waals surface area contributed by atoms with Crippen LogP contribution >= 0.6 is 0 Å². The molecular weight excluding hydrogens is 416 g/mol. The highest BCUT2D eigenvalue weighted by molar-refractivity contribution is 7.89. The molecule has 1 aliphatic heterocycles. The lowest BCUT2D eigenvalue weighted by Gasteiger charge is -2.31. The number of carbonyl (C=O) groups is 1. The van der Waals surface area contributed by atoms with Crippen LogP contribution in [0.5, 0.6) is 11.5 Å². The summed E-state index contributed by atoms with van der Waals surface area (Å²) in [6, 6.07) is 15.0. The summed E-state index contributed by atoms with van der Waals surface area (Å²) in [4.78, 5) is 12.8. The Morgan fingerprint density at radius 1 is 1.13 bits per heavy atom. The average molecular weight is 447 g/mol. The lowest BCUT2D eigenvalue weighted by Crippen LogP contribution is -2.44. The molecule has 2 aromatic rings. The molecule has 1 heterocycles. The monoisotopic (exact) mass is 446 g/mol. The summed E-state index contributed by atoms with van der Waals surface area (Å²) in [5, 5.41) is 2.88. The maximum Gasteiger partial charge on any atom is 0.228 e. The van der Waals surface area contributed by atoms with E-state index in [1.54, 1.807) is 25.3 Å². The van der Waals surface area contributed by atoms with Crippen LogP contribution in [0.15, 0.2) is 48.5 Å². The van der Waals surface area contributed by atoms with Gasteiger partial charge in [0, 0.05) is 19.2 Å². The van der Waals surface area contributed by atoms with Crippen LogP contribution in [0, 0.1) is 5.92 Å². The van der Waals surface area contributed by atoms with Crippen LogP contribution in [0.2, 0.25) is 0 Å². The van der Waals surface area contributed by atoms with Gasteiger partial charge in [0.1, 0.15) is 11.5 Å². The number of methoxy groups -OCH3 is 2. The van der Waals surface area contributed by atoms with Crippen LogP contribution in [0.1, 0.15) is 24.8 Å². The predicted molar refractivity (Wildman–Crippen MR) is 121 cm³/mol. The minimum absolute atomic E-state index is 0.0858. The number of hydrogen-bond donors (Lipinski definition) is 1. The number of sulfonamides is 1. The van der Waals surface area contributed by atoms with Crippen molar-refractivity contribution < 1.29 is 22.7 Å². The van der Waals surface area contributed by atoms with Crippen LogP contribution in [0.4, 0.5) is 5.69 Å². The van der Waals surface area contributed by atoms with Crippen molar-refractivity contribution in [2.24, 2.45) is 5.92 Å². The topological polar surface area (TPSA) is 84.9 Å². The Labute approximate surface area is 184 Å². The molecule has 1 N–H and O–H groups in total. The number of piperidine rings is 1. The molecule has 2 aromatic carbocycles. The molecule has 7 nitrogen and oxygen atoms in total. The van der Waals surface area contributed by atoms with E-state index < -0.39 is 15.9 Å². The Morgan fingerprint density at radius 3 is 2.61 bits per heavy atom. The van der Waals surface area contributed by atoms with Gasteiger partial charge in [-0.15, -0.1) is 0 Å². The molecule has 1 amide bonds. The van der Waals surface area contributed by atoms with E-state index in [2.05, 4.69) is 5.32 Å². The second-order valence-electron chi connectivity index (χ2n) is 7.66. The van der Waals surface area contributed by atoms with E-state index in [4.69, 9.17) is 9.47 Å². The van der Waals surface area contributed by atoms with Gasteiger partial charge in [0.15, 0.2) is 0 Å². The number of anilines is 1. The number of carbonyl (C=O) groups excluding carboxylic acids is 1. The fraction of sp³-hybridized carbons (Fsp3) is 0.435. The highest BCUT2D eigenvalue weighted by atomic mass is 32.2. The summed E-state index contributed by atoms with van der Waals surface area (Å²) in [7, 11) is -0.320. The third-order valence-electron chi connectivity index (χ3n) is 5.53. The van der Waals surface area contributed by atoms with Crippen molar-refractivity contribution >= 4 is 21.6 Å². The first-order chi connectivity index (χ1) is 14.9. The maximum absolute atomic E-state index is 12.8. The van der Waals surface area contributed by atoms with Crippen molar-refractivity contribution in [3.05, 3.63) is 54.1 Å². The Kier molecular flexibility index (Phi) is 7.92. The molecule has 0 aliphatic carbocycles. The zero-order valence-electron chi connectivity index (χ0n) is 18.0. The largest absolute Gasteiger partial charge is 0.497 e. The first kappa shape index (κ1) is 23.1. The molecule has 0 spiro atoms. The van der Waals surface area contributed by atoms with Gasteiger partial charge in [0.25, 0.3) is 0 Å². The highest BCUT2D eigenvalue weighted by Crippen LogP contribution is 2.30. The van der Waals surface area contributed by atoms with Crippen molar-refractivity contribution in [2.75, 3.05) is 38.4 Å². The minimum Gasteiger partial charge on any atom is -0.497 e. The normalized spacial score (nSPS) is 17.2. The zero-order chi connectivity index (χ0) is 22.3. The van der Waals surface area contributed by atoms with Crippen LogP contribution < -0.4 is 14.8 Å². The molecule has 1 aliphatic rings. The van der Waals surface area contributed by atoms with Gasteiger partial charge in [-0.2, -0.15) is 0 Å². The molecular formula is C23H30N2O5S. The number of rotatable bonds is 9. The van der Waals surface area contributed by atoms with E-state index in [1.807, 2.05) is 30.3 Å².